The maximum Gasteiger partial charge on any atom is 0.309 e. The Bertz CT molecular complexity index is 1070. The normalized spacial score (nSPS) is 10.8. The molecule has 0 fully saturated rings. The largest absolute Gasteiger partial charge is 0.405 e. The topological polar surface area (TPSA) is 83.2 Å². The molecule has 1 aromatic carbocycles. The van der Waals surface area contributed by atoms with Crippen molar-refractivity contribution in [1.82, 2.24) is 14.3 Å². The van der Waals surface area contributed by atoms with E-state index < -0.39 is 17.1 Å². The van der Waals surface area contributed by atoms with Gasteiger partial charge in [0.15, 0.2) is 0 Å². The Balaban J connectivity index is 2.48. The van der Waals surface area contributed by atoms with Gasteiger partial charge in [-0.15, -0.1) is 5.10 Å². The van der Waals surface area contributed by atoms with Crippen molar-refractivity contribution in [1.29, 1.82) is 0 Å². The van der Waals surface area contributed by atoms with Crippen LogP contribution in [-0.4, -0.2) is 20.3 Å². The Morgan fingerprint density at radius 3 is 2.42 bits per heavy atom. The average molecular weight is 325 g/mol. The molecule has 0 saturated heterocycles. The smallest absolute Gasteiger partial charge is 0.309 e. The number of aryl methyl sites for hydroxylation is 1. The number of hydrogen-bond acceptors (Lipinski definition) is 5. The number of ether oxygens (including phenoxy) is 1. The number of rotatable bonds is 2. The van der Waals surface area contributed by atoms with Crippen LogP contribution in [0.5, 0.6) is 5.88 Å². The summed E-state index contributed by atoms with van der Waals surface area (Å²) in [6.07, 6.45) is 0. The monoisotopic (exact) mass is 325 g/mol. The SMILES string of the molecule is CC(=O)Oc1nn(-c2ccccc2)c(=O)c2cc(C)n(C)c(=O)c12. The molecule has 2 aromatic heterocycles. The summed E-state index contributed by atoms with van der Waals surface area (Å²) in [7, 11) is 1.58. The van der Waals surface area contributed by atoms with Crippen LogP contribution in [0, 0.1) is 6.92 Å². The van der Waals surface area contributed by atoms with Gasteiger partial charge in [-0.2, -0.15) is 4.68 Å². The van der Waals surface area contributed by atoms with Crippen LogP contribution >= 0.6 is 0 Å². The van der Waals surface area contributed by atoms with Crippen molar-refractivity contribution in [3.05, 3.63) is 62.8 Å². The first-order valence-electron chi connectivity index (χ1n) is 7.27. The average Bonchev–Trinajstić information content (AvgIpc) is 2.55. The lowest BCUT2D eigenvalue weighted by Gasteiger charge is -2.12. The van der Waals surface area contributed by atoms with Gasteiger partial charge in [-0.3, -0.25) is 14.4 Å². The molecular formula is C17H15N3O4. The third-order valence-electron chi connectivity index (χ3n) is 3.74. The molecule has 7 nitrogen and oxygen atoms in total. The van der Waals surface area contributed by atoms with Crippen molar-refractivity contribution in [3.8, 4) is 11.6 Å². The van der Waals surface area contributed by atoms with Crippen molar-refractivity contribution < 1.29 is 9.53 Å². The van der Waals surface area contributed by atoms with E-state index in [1.807, 2.05) is 6.07 Å². The molecule has 0 aliphatic rings. The molecule has 0 aliphatic carbocycles. The molecule has 24 heavy (non-hydrogen) atoms. The van der Waals surface area contributed by atoms with Gasteiger partial charge in [0.2, 0.25) is 0 Å². The third-order valence-corrected chi connectivity index (χ3v) is 3.74. The van der Waals surface area contributed by atoms with E-state index in [2.05, 4.69) is 5.10 Å². The molecule has 122 valence electrons. The Kier molecular flexibility index (Phi) is 3.76. The summed E-state index contributed by atoms with van der Waals surface area (Å²) >= 11 is 0. The van der Waals surface area contributed by atoms with Gasteiger partial charge in [0, 0.05) is 19.7 Å². The number of pyridine rings is 1. The van der Waals surface area contributed by atoms with Crippen LogP contribution in [0.2, 0.25) is 0 Å². The van der Waals surface area contributed by atoms with Crippen molar-refractivity contribution in [2.24, 2.45) is 7.05 Å². The van der Waals surface area contributed by atoms with Crippen LogP contribution in [0.4, 0.5) is 0 Å². The second-order valence-corrected chi connectivity index (χ2v) is 5.39. The van der Waals surface area contributed by atoms with Crippen molar-refractivity contribution in [3.63, 3.8) is 0 Å². The molecule has 0 N–H and O–H groups in total. The van der Waals surface area contributed by atoms with Gasteiger partial charge in [0.05, 0.1) is 11.1 Å². The fourth-order valence-electron chi connectivity index (χ4n) is 2.45. The minimum absolute atomic E-state index is 0.00418. The van der Waals surface area contributed by atoms with Crippen molar-refractivity contribution in [2.75, 3.05) is 0 Å². The summed E-state index contributed by atoms with van der Waals surface area (Å²) in [6.45, 7) is 2.93. The van der Waals surface area contributed by atoms with Gasteiger partial charge in [-0.25, -0.2) is 0 Å². The van der Waals surface area contributed by atoms with Gasteiger partial charge in [0.25, 0.3) is 17.0 Å². The lowest BCUT2D eigenvalue weighted by molar-refractivity contribution is -0.132. The zero-order chi connectivity index (χ0) is 17.4. The molecule has 0 atom stereocenters. The Morgan fingerprint density at radius 1 is 1.12 bits per heavy atom. The van der Waals surface area contributed by atoms with Crippen molar-refractivity contribution >= 4 is 16.7 Å². The van der Waals surface area contributed by atoms with Crippen LogP contribution in [0.1, 0.15) is 12.6 Å². The highest BCUT2D eigenvalue weighted by Crippen LogP contribution is 2.19. The van der Waals surface area contributed by atoms with Gasteiger partial charge in [0.1, 0.15) is 5.39 Å². The number of carbonyl (C=O) groups excluding carboxylic acids is 1. The van der Waals surface area contributed by atoms with Gasteiger partial charge in [-0.1, -0.05) is 18.2 Å². The molecule has 0 unspecified atom stereocenters. The Morgan fingerprint density at radius 2 is 1.79 bits per heavy atom. The predicted octanol–water partition coefficient (Wildman–Crippen LogP) is 1.32. The first-order valence-corrected chi connectivity index (χ1v) is 7.27. The van der Waals surface area contributed by atoms with Crippen LogP contribution in [0.3, 0.4) is 0 Å². The summed E-state index contributed by atoms with van der Waals surface area (Å²) in [5.74, 6) is -0.800. The van der Waals surface area contributed by atoms with E-state index in [1.54, 1.807) is 44.3 Å². The van der Waals surface area contributed by atoms with Gasteiger partial charge >= 0.3 is 5.97 Å². The van der Waals surface area contributed by atoms with Crippen LogP contribution < -0.4 is 15.9 Å². The van der Waals surface area contributed by atoms with E-state index in [4.69, 9.17) is 4.74 Å². The summed E-state index contributed by atoms with van der Waals surface area (Å²) in [4.78, 5) is 36.7. The van der Waals surface area contributed by atoms with E-state index >= 15 is 0 Å². The highest BCUT2D eigenvalue weighted by Gasteiger charge is 2.19. The number of esters is 1. The van der Waals surface area contributed by atoms with Crippen LogP contribution in [0.25, 0.3) is 16.5 Å². The van der Waals surface area contributed by atoms with E-state index in [0.717, 1.165) is 4.68 Å². The van der Waals surface area contributed by atoms with Gasteiger partial charge in [-0.05, 0) is 25.1 Å². The van der Waals surface area contributed by atoms with Gasteiger partial charge < -0.3 is 9.30 Å². The Hall–Kier alpha value is -3.22. The maximum atomic E-state index is 12.8. The fraction of sp³-hybridized carbons (Fsp3) is 0.176. The third kappa shape index (κ3) is 2.50. The minimum atomic E-state index is -0.621. The fourth-order valence-corrected chi connectivity index (χ4v) is 2.45. The first kappa shape index (κ1) is 15.7. The highest BCUT2D eigenvalue weighted by molar-refractivity contribution is 5.87. The van der Waals surface area contributed by atoms with E-state index in [0.29, 0.717) is 11.4 Å². The second kappa shape index (κ2) is 5.77. The number of nitrogens with zero attached hydrogens (tertiary/aromatic N) is 3. The quantitative estimate of drug-likeness (QED) is 0.664. The number of carbonyl (C=O) groups is 1. The lowest BCUT2D eigenvalue weighted by Crippen LogP contribution is -2.28. The number of benzene rings is 1. The maximum absolute atomic E-state index is 12.8. The number of hydrogen-bond donors (Lipinski definition) is 0. The summed E-state index contributed by atoms with van der Waals surface area (Å²) in [5.41, 5.74) is 0.235. The van der Waals surface area contributed by atoms with Crippen LogP contribution in [0.15, 0.2) is 46.0 Å². The van der Waals surface area contributed by atoms with E-state index in [-0.39, 0.29) is 16.7 Å². The van der Waals surface area contributed by atoms with Crippen LogP contribution in [-0.2, 0) is 11.8 Å². The molecular weight excluding hydrogens is 310 g/mol. The molecule has 0 amide bonds. The molecule has 0 aliphatic heterocycles. The zero-order valence-corrected chi connectivity index (χ0v) is 13.4. The highest BCUT2D eigenvalue weighted by atomic mass is 16.5. The summed E-state index contributed by atoms with van der Waals surface area (Å²) in [6, 6.07) is 10.3. The predicted molar refractivity (Wildman–Crippen MR) is 88.6 cm³/mol. The second-order valence-electron chi connectivity index (χ2n) is 5.39. The standard InChI is InChI=1S/C17H15N3O4/c1-10-9-13-14(17(23)19(10)3)15(24-11(2)21)18-20(16(13)22)12-7-5-4-6-8-12/h4-9H,1-3H3. The summed E-state index contributed by atoms with van der Waals surface area (Å²) in [5, 5.41) is 4.24. The molecule has 0 bridgehead atoms. The Labute approximate surface area is 136 Å². The number of fused-ring (bicyclic) bond motifs is 1. The lowest BCUT2D eigenvalue weighted by atomic mass is 10.2. The molecule has 0 saturated carbocycles. The first-order chi connectivity index (χ1) is 11.4. The molecule has 0 spiro atoms. The zero-order valence-electron chi connectivity index (χ0n) is 13.4. The number of aromatic nitrogens is 3. The summed E-state index contributed by atoms with van der Waals surface area (Å²) < 4.78 is 7.60. The van der Waals surface area contributed by atoms with Crippen molar-refractivity contribution in [2.45, 2.75) is 13.8 Å². The van der Waals surface area contributed by atoms with E-state index in [9.17, 15) is 14.4 Å². The molecule has 0 radical (unpaired) electrons. The number of para-hydroxylation sites is 1. The molecule has 3 rings (SSSR count). The molecule has 7 heteroatoms. The van der Waals surface area contributed by atoms with E-state index in [1.165, 1.54) is 11.5 Å². The minimum Gasteiger partial charge on any atom is -0.405 e. The molecule has 2 heterocycles. The molecule has 3 aromatic rings.